The number of hydrogen-bond donors (Lipinski definition) is 0. The van der Waals surface area contributed by atoms with Gasteiger partial charge in [-0.3, -0.25) is 0 Å². The van der Waals surface area contributed by atoms with Gasteiger partial charge in [-0.25, -0.2) is 0 Å². The van der Waals surface area contributed by atoms with Crippen molar-refractivity contribution >= 4 is 62.7 Å². The highest BCUT2D eigenvalue weighted by Gasteiger charge is 2.33. The summed E-state index contributed by atoms with van der Waals surface area (Å²) in [6, 6.07) is 48.5. The van der Waals surface area contributed by atoms with E-state index in [2.05, 4.69) is 233 Å². The SMILES string of the molecule is C=C/C=C(\C=C)c1c(C2=CCCC=C2)c(-c2ccc(B(c3c(C)cccc3C)c3c(C)cccc3C)cc2)c2ccccc2c1-c1ccc(B(C2=C(C)C(C)CC=C2C)c2c(C)cccc2C)cc1. The molecule has 2 aliphatic rings. The minimum Gasteiger partial charge on any atom is -0.0990 e. The van der Waals surface area contributed by atoms with Crippen molar-refractivity contribution in [2.24, 2.45) is 5.92 Å². The topological polar surface area (TPSA) is 0 Å². The first-order valence-electron chi connectivity index (χ1n) is 25.1. The monoisotopic (exact) mass is 893 g/mol. The van der Waals surface area contributed by atoms with Crippen LogP contribution in [0.25, 0.3) is 44.2 Å². The zero-order valence-electron chi connectivity index (χ0n) is 42.4. The Balaban J connectivity index is 1.30. The second-order valence-electron chi connectivity index (χ2n) is 19.9. The van der Waals surface area contributed by atoms with Gasteiger partial charge in [-0.1, -0.05) is 267 Å². The molecular formula is C67H66B2. The Hall–Kier alpha value is -6.89. The third-order valence-electron chi connectivity index (χ3n) is 15.5. The Kier molecular flexibility index (Phi) is 13.7. The number of allylic oxidation sites excluding steroid dienone is 12. The van der Waals surface area contributed by atoms with Crippen LogP contribution >= 0.6 is 0 Å². The van der Waals surface area contributed by atoms with Crippen LogP contribution in [0, 0.1) is 47.5 Å². The summed E-state index contributed by atoms with van der Waals surface area (Å²) in [6.07, 6.45) is 18.8. The van der Waals surface area contributed by atoms with Gasteiger partial charge in [-0.2, -0.15) is 0 Å². The van der Waals surface area contributed by atoms with Gasteiger partial charge in [0.15, 0.2) is 0 Å². The van der Waals surface area contributed by atoms with E-state index in [0.717, 1.165) is 24.8 Å². The van der Waals surface area contributed by atoms with Gasteiger partial charge in [0.1, 0.15) is 0 Å². The summed E-state index contributed by atoms with van der Waals surface area (Å²) in [4.78, 5) is 0. The van der Waals surface area contributed by atoms with Crippen molar-refractivity contribution < 1.29 is 0 Å². The minimum absolute atomic E-state index is 0.0985. The molecule has 2 aliphatic carbocycles. The number of fused-ring (bicyclic) bond motifs is 1. The Morgan fingerprint density at radius 3 is 1.48 bits per heavy atom. The van der Waals surface area contributed by atoms with Crippen LogP contribution in [0.2, 0.25) is 0 Å². The first-order valence-corrected chi connectivity index (χ1v) is 25.1. The van der Waals surface area contributed by atoms with Crippen molar-refractivity contribution in [1.82, 2.24) is 0 Å². The zero-order valence-corrected chi connectivity index (χ0v) is 42.4. The van der Waals surface area contributed by atoms with E-state index in [1.807, 2.05) is 12.2 Å². The zero-order chi connectivity index (χ0) is 48.5. The fraction of sp³-hybridized carbons (Fsp3) is 0.194. The van der Waals surface area contributed by atoms with E-state index in [0.29, 0.717) is 5.92 Å². The number of benzene rings is 7. The van der Waals surface area contributed by atoms with Crippen molar-refractivity contribution in [2.75, 3.05) is 0 Å². The van der Waals surface area contributed by atoms with Crippen LogP contribution in [0.5, 0.6) is 0 Å². The quantitative estimate of drug-likeness (QED) is 0.0847. The van der Waals surface area contributed by atoms with Crippen molar-refractivity contribution in [2.45, 2.75) is 81.6 Å². The van der Waals surface area contributed by atoms with Crippen LogP contribution < -0.4 is 27.3 Å². The second kappa shape index (κ2) is 20.0. The van der Waals surface area contributed by atoms with Crippen LogP contribution in [0.3, 0.4) is 0 Å². The fourth-order valence-electron chi connectivity index (χ4n) is 12.0. The third-order valence-corrected chi connectivity index (χ3v) is 15.5. The van der Waals surface area contributed by atoms with E-state index in [9.17, 15) is 0 Å². The predicted octanol–water partition coefficient (Wildman–Crippen LogP) is 14.5. The lowest BCUT2D eigenvalue weighted by Gasteiger charge is -2.30. The molecule has 2 heteroatoms. The van der Waals surface area contributed by atoms with E-state index in [-0.39, 0.29) is 13.4 Å². The first kappa shape index (κ1) is 47.2. The van der Waals surface area contributed by atoms with Crippen LogP contribution in [-0.2, 0) is 0 Å². The summed E-state index contributed by atoms with van der Waals surface area (Å²) in [6.45, 7) is 29.6. The molecule has 0 amide bonds. The molecule has 0 heterocycles. The standard InChI is InChI=1S/C67H66B2/c1-12-22-52(13-2)62-60(54-37-41-57(42-38-54)69(66-48(8)27-21-28-49(66)9)67-50(10)34-33-43(3)51(67)11)58-31-17-18-32-59(58)61(63(62)53-29-15-14-16-30-53)55-35-39-56(40-36-55)68(64-44(4)23-19-24-45(64)5)65-46(6)25-20-26-47(65)7/h12-13,15,17-32,34-43H,1-2,14,16,33H2,3-11H3/b52-22+. The van der Waals surface area contributed by atoms with Crippen molar-refractivity contribution in [1.29, 1.82) is 0 Å². The third kappa shape index (κ3) is 8.76. The van der Waals surface area contributed by atoms with Crippen LogP contribution in [-0.4, -0.2) is 13.4 Å². The Labute approximate surface area is 414 Å². The molecule has 69 heavy (non-hydrogen) atoms. The van der Waals surface area contributed by atoms with Gasteiger partial charge in [0, 0.05) is 0 Å². The van der Waals surface area contributed by atoms with Crippen molar-refractivity contribution in [3.05, 3.63) is 244 Å². The molecule has 0 saturated carbocycles. The average molecular weight is 893 g/mol. The molecule has 0 fully saturated rings. The lowest BCUT2D eigenvalue weighted by Crippen LogP contribution is -2.55. The maximum atomic E-state index is 4.47. The normalized spacial score (nSPS) is 15.0. The minimum atomic E-state index is 0.0985. The highest BCUT2D eigenvalue weighted by molar-refractivity contribution is 6.96. The summed E-state index contributed by atoms with van der Waals surface area (Å²) in [5, 5.41) is 2.45. The van der Waals surface area contributed by atoms with Gasteiger partial charge in [-0.15, -0.1) is 0 Å². The number of aryl methyl sites for hydroxylation is 6. The van der Waals surface area contributed by atoms with Gasteiger partial charge in [-0.05, 0) is 136 Å². The van der Waals surface area contributed by atoms with E-state index >= 15 is 0 Å². The maximum absolute atomic E-state index is 4.47. The van der Waals surface area contributed by atoms with Crippen molar-refractivity contribution in [3.63, 3.8) is 0 Å². The lowest BCUT2D eigenvalue weighted by atomic mass is 9.32. The molecule has 0 N–H and O–H groups in total. The molecule has 340 valence electrons. The number of rotatable bonds is 12. The molecule has 0 spiro atoms. The first-order chi connectivity index (χ1) is 33.4. The van der Waals surface area contributed by atoms with Crippen LogP contribution in [0.4, 0.5) is 0 Å². The molecule has 0 radical (unpaired) electrons. The van der Waals surface area contributed by atoms with Gasteiger partial charge >= 0.3 is 0 Å². The molecule has 0 nitrogen and oxygen atoms in total. The van der Waals surface area contributed by atoms with E-state index in [4.69, 9.17) is 0 Å². The van der Waals surface area contributed by atoms with Gasteiger partial charge in [0.05, 0.1) is 0 Å². The molecular weight excluding hydrogens is 826 g/mol. The predicted molar refractivity (Wildman–Crippen MR) is 307 cm³/mol. The molecule has 7 aromatic rings. The van der Waals surface area contributed by atoms with E-state index in [1.54, 1.807) is 0 Å². The Morgan fingerprint density at radius 2 is 1.00 bits per heavy atom. The number of hydrogen-bond acceptors (Lipinski definition) is 0. The Morgan fingerprint density at radius 1 is 0.522 bits per heavy atom. The summed E-state index contributed by atoms with van der Waals surface area (Å²) in [5.74, 6) is 0.505. The molecule has 9 rings (SSSR count). The van der Waals surface area contributed by atoms with Crippen LogP contribution in [0.1, 0.15) is 84.5 Å². The molecule has 0 bridgehead atoms. The average Bonchev–Trinajstić information content (AvgIpc) is 3.35. The highest BCUT2D eigenvalue weighted by Crippen LogP contribution is 2.48. The fourth-order valence-corrected chi connectivity index (χ4v) is 12.0. The van der Waals surface area contributed by atoms with Crippen LogP contribution in [0.15, 0.2) is 200 Å². The highest BCUT2D eigenvalue weighted by atomic mass is 14.3. The largest absolute Gasteiger partial charge is 0.242 e. The molecule has 7 aromatic carbocycles. The summed E-state index contributed by atoms with van der Waals surface area (Å²) >= 11 is 0. The second-order valence-corrected chi connectivity index (χ2v) is 19.9. The van der Waals surface area contributed by atoms with Gasteiger partial charge in [0.2, 0.25) is 13.4 Å². The van der Waals surface area contributed by atoms with Gasteiger partial charge in [0.25, 0.3) is 0 Å². The lowest BCUT2D eigenvalue weighted by molar-refractivity contribution is 0.677. The maximum Gasteiger partial charge on any atom is 0.242 e. The molecule has 0 aliphatic heterocycles. The molecule has 1 atom stereocenters. The summed E-state index contributed by atoms with van der Waals surface area (Å²) < 4.78 is 0. The molecule has 0 saturated heterocycles. The van der Waals surface area contributed by atoms with Gasteiger partial charge < -0.3 is 0 Å². The summed E-state index contributed by atoms with van der Waals surface area (Å²) in [5.41, 5.74) is 28.7. The summed E-state index contributed by atoms with van der Waals surface area (Å²) in [7, 11) is 0. The molecule has 0 aromatic heterocycles. The van der Waals surface area contributed by atoms with E-state index in [1.165, 1.54) is 127 Å². The smallest absolute Gasteiger partial charge is 0.0990 e. The van der Waals surface area contributed by atoms with E-state index < -0.39 is 0 Å². The molecule has 1 unspecified atom stereocenters. The van der Waals surface area contributed by atoms with Crippen molar-refractivity contribution in [3.8, 4) is 22.3 Å². The Bertz CT molecular complexity index is 3190.